The molecule has 2 rings (SSSR count). The van der Waals surface area contributed by atoms with Crippen LogP contribution in [0.3, 0.4) is 0 Å². The first-order valence-electron chi connectivity index (χ1n) is 14.1. The Morgan fingerprint density at radius 3 is 2.03 bits per heavy atom. The molecule has 214 valence electrons. The number of rotatable bonds is 17. The number of nitrogens with zero attached hydrogens (tertiary/aromatic N) is 1. The number of carbonyl (C=O) groups is 2. The molecule has 1 amide bonds. The largest absolute Gasteiger partial charge is 0.489 e. The lowest BCUT2D eigenvalue weighted by atomic mass is 10.1. The molecule has 0 aliphatic rings. The van der Waals surface area contributed by atoms with Crippen LogP contribution >= 0.6 is 0 Å². The fourth-order valence-corrected chi connectivity index (χ4v) is 11.2. The van der Waals surface area contributed by atoms with Crippen molar-refractivity contribution in [3.05, 3.63) is 78.4 Å². The van der Waals surface area contributed by atoms with Crippen molar-refractivity contribution in [1.29, 1.82) is 0 Å². The molecule has 0 radical (unpaired) electrons. The quantitative estimate of drug-likeness (QED) is 0.127. The third kappa shape index (κ3) is 9.07. The molecule has 39 heavy (non-hydrogen) atoms. The first kappa shape index (κ1) is 32.3. The Morgan fingerprint density at radius 2 is 1.51 bits per heavy atom. The van der Waals surface area contributed by atoms with Crippen molar-refractivity contribution in [2.75, 3.05) is 13.2 Å². The summed E-state index contributed by atoms with van der Waals surface area (Å²) in [5, 5.41) is 10.0. The van der Waals surface area contributed by atoms with Crippen molar-refractivity contribution in [2.24, 2.45) is 0 Å². The van der Waals surface area contributed by atoms with Gasteiger partial charge < -0.3 is 19.2 Å². The molecular weight excluding hydrogens is 506 g/mol. The van der Waals surface area contributed by atoms with E-state index in [1.54, 1.807) is 6.08 Å². The number of amides is 1. The van der Waals surface area contributed by atoms with Crippen LogP contribution < -0.4 is 4.74 Å². The maximum Gasteiger partial charge on any atom is 0.326 e. The molecule has 2 aromatic rings. The predicted octanol–water partition coefficient (Wildman–Crippen LogP) is 7.25. The van der Waals surface area contributed by atoms with Gasteiger partial charge in [0.25, 0.3) is 0 Å². The molecule has 0 aromatic heterocycles. The van der Waals surface area contributed by atoms with E-state index in [9.17, 15) is 14.7 Å². The fourth-order valence-electron chi connectivity index (χ4n) is 5.70. The van der Waals surface area contributed by atoms with Crippen LogP contribution in [0.5, 0.6) is 5.75 Å². The summed E-state index contributed by atoms with van der Waals surface area (Å²) in [6, 6.07) is 16.4. The van der Waals surface area contributed by atoms with Gasteiger partial charge in [0.1, 0.15) is 18.4 Å². The molecular formula is C32H47NO5Si. The second kappa shape index (κ2) is 15.6. The number of hydrogen-bond donors (Lipinski definition) is 1. The van der Waals surface area contributed by atoms with Gasteiger partial charge in [-0.2, -0.15) is 0 Å². The Kier molecular flexibility index (Phi) is 12.9. The Labute approximate surface area is 236 Å². The van der Waals surface area contributed by atoms with Gasteiger partial charge in [-0.05, 0) is 52.7 Å². The number of carbonyl (C=O) groups excluding carboxylic acids is 1. The zero-order valence-electron chi connectivity index (χ0n) is 24.6. The van der Waals surface area contributed by atoms with Crippen LogP contribution in [0.25, 0.3) is 0 Å². The van der Waals surface area contributed by atoms with E-state index in [-0.39, 0.29) is 18.9 Å². The third-order valence-corrected chi connectivity index (χ3v) is 13.6. The first-order valence-corrected chi connectivity index (χ1v) is 16.2. The highest BCUT2D eigenvalue weighted by Crippen LogP contribution is 2.42. The Hall–Kier alpha value is -2.90. The average molecular weight is 554 g/mol. The van der Waals surface area contributed by atoms with Gasteiger partial charge in [-0.3, -0.25) is 4.79 Å². The van der Waals surface area contributed by atoms with Crippen molar-refractivity contribution in [2.45, 2.75) is 90.1 Å². The fraction of sp³-hybridized carbons (Fsp3) is 0.500. The summed E-state index contributed by atoms with van der Waals surface area (Å²) in [6.07, 6.45) is 2.60. The van der Waals surface area contributed by atoms with Crippen LogP contribution in [0.15, 0.2) is 67.3 Å². The summed E-state index contributed by atoms with van der Waals surface area (Å²) >= 11 is 0. The van der Waals surface area contributed by atoms with E-state index in [0.717, 1.165) is 11.1 Å². The number of hydrogen-bond acceptors (Lipinski definition) is 4. The van der Waals surface area contributed by atoms with E-state index in [1.807, 2.05) is 54.6 Å². The number of ether oxygens (including phenoxy) is 1. The predicted molar refractivity (Wildman–Crippen MR) is 160 cm³/mol. The van der Waals surface area contributed by atoms with E-state index in [2.05, 4.69) is 48.1 Å². The highest BCUT2D eigenvalue weighted by molar-refractivity contribution is 6.77. The molecule has 0 spiro atoms. The maximum absolute atomic E-state index is 13.3. The molecule has 1 N–H and O–H groups in total. The van der Waals surface area contributed by atoms with Crippen molar-refractivity contribution in [3.63, 3.8) is 0 Å². The second-order valence-corrected chi connectivity index (χ2v) is 16.6. The summed E-state index contributed by atoms with van der Waals surface area (Å²) in [6.45, 7) is 18.3. The molecule has 0 unspecified atom stereocenters. The van der Waals surface area contributed by atoms with E-state index < -0.39 is 20.3 Å². The highest BCUT2D eigenvalue weighted by atomic mass is 28.4. The summed E-state index contributed by atoms with van der Waals surface area (Å²) < 4.78 is 12.4. The lowest BCUT2D eigenvalue weighted by molar-refractivity contribution is -0.150. The lowest BCUT2D eigenvalue weighted by Crippen LogP contribution is -2.48. The van der Waals surface area contributed by atoms with Crippen LogP contribution in [-0.2, 0) is 27.0 Å². The first-order chi connectivity index (χ1) is 18.5. The molecule has 0 aliphatic carbocycles. The van der Waals surface area contributed by atoms with Crippen LogP contribution in [0.4, 0.5) is 0 Å². The number of benzene rings is 2. The van der Waals surface area contributed by atoms with Crippen molar-refractivity contribution in [3.8, 4) is 5.75 Å². The van der Waals surface area contributed by atoms with Gasteiger partial charge in [-0.25, -0.2) is 4.79 Å². The Morgan fingerprint density at radius 1 is 0.923 bits per heavy atom. The lowest BCUT2D eigenvalue weighted by Gasteiger charge is -2.42. The van der Waals surface area contributed by atoms with Crippen molar-refractivity contribution < 1.29 is 23.9 Å². The Balaban J connectivity index is 2.01. The van der Waals surface area contributed by atoms with Gasteiger partial charge in [-0.15, -0.1) is 6.58 Å². The summed E-state index contributed by atoms with van der Waals surface area (Å²) in [5.74, 6) is -0.531. The zero-order chi connectivity index (χ0) is 29.0. The number of aliphatic carboxylic acids is 1. The molecule has 0 bridgehead atoms. The standard InChI is InChI=1S/C32H47NO5Si/c1-8-20-33(30(32(35)36)15-12-21-38-39(24(2)3,25(4)5)26(6)7)31(34)22-27-16-18-29(19-17-27)37-23-28-13-10-9-11-14-28/h8-11,13-14,16-19,24-26,30H,1,12,15,20-23H2,2-7H3,(H,35,36)/t30-/m0/s1. The Bertz CT molecular complexity index is 1010. The molecule has 6 nitrogen and oxygen atoms in total. The van der Waals surface area contributed by atoms with Crippen LogP contribution in [-0.4, -0.2) is 49.4 Å². The zero-order valence-corrected chi connectivity index (χ0v) is 25.6. The van der Waals surface area contributed by atoms with Crippen LogP contribution in [0.2, 0.25) is 16.6 Å². The smallest absolute Gasteiger partial charge is 0.326 e. The summed E-state index contributed by atoms with van der Waals surface area (Å²) in [5.41, 5.74) is 3.26. The molecule has 1 atom stereocenters. The molecule has 2 aromatic carbocycles. The molecule has 0 aliphatic heterocycles. The molecule has 0 saturated heterocycles. The average Bonchev–Trinajstić information content (AvgIpc) is 2.89. The molecule has 0 heterocycles. The minimum atomic E-state index is -2.03. The minimum absolute atomic E-state index is 0.108. The van der Waals surface area contributed by atoms with Gasteiger partial charge in [0.05, 0.1) is 6.42 Å². The molecule has 0 saturated carbocycles. The van der Waals surface area contributed by atoms with E-state index in [1.165, 1.54) is 4.90 Å². The monoisotopic (exact) mass is 553 g/mol. The van der Waals surface area contributed by atoms with Crippen LogP contribution in [0.1, 0.15) is 65.5 Å². The number of carboxylic acid groups (broad SMARTS) is 1. The van der Waals surface area contributed by atoms with Gasteiger partial charge >= 0.3 is 5.97 Å². The van der Waals surface area contributed by atoms with E-state index in [4.69, 9.17) is 9.16 Å². The molecule has 7 heteroatoms. The van der Waals surface area contributed by atoms with Crippen molar-refractivity contribution >= 4 is 20.2 Å². The van der Waals surface area contributed by atoms with E-state index >= 15 is 0 Å². The van der Waals surface area contributed by atoms with Gasteiger partial charge in [0, 0.05) is 13.2 Å². The van der Waals surface area contributed by atoms with Gasteiger partial charge in [-0.1, -0.05) is 90.1 Å². The number of carboxylic acids is 1. The molecule has 0 fully saturated rings. The van der Waals surface area contributed by atoms with Gasteiger partial charge in [0.2, 0.25) is 5.91 Å². The third-order valence-electron chi connectivity index (χ3n) is 7.52. The van der Waals surface area contributed by atoms with Crippen molar-refractivity contribution in [1.82, 2.24) is 4.90 Å². The minimum Gasteiger partial charge on any atom is -0.489 e. The van der Waals surface area contributed by atoms with E-state index in [0.29, 0.717) is 48.4 Å². The normalized spacial score (nSPS) is 12.5. The highest BCUT2D eigenvalue weighted by Gasteiger charge is 2.44. The SMILES string of the molecule is C=CCN(C(=O)Cc1ccc(OCc2ccccc2)cc1)[C@@H](CCCO[Si](C(C)C)(C(C)C)C(C)C)C(=O)O. The second-order valence-electron chi connectivity index (χ2n) is 11.1. The topological polar surface area (TPSA) is 76.1 Å². The maximum atomic E-state index is 13.3. The van der Waals surface area contributed by atoms with Gasteiger partial charge in [0.15, 0.2) is 8.32 Å². The van der Waals surface area contributed by atoms with Crippen LogP contribution in [0, 0.1) is 0 Å². The summed E-state index contributed by atoms with van der Waals surface area (Å²) in [7, 11) is -2.03. The summed E-state index contributed by atoms with van der Waals surface area (Å²) in [4.78, 5) is 26.9.